The zero-order valence-corrected chi connectivity index (χ0v) is 11.5. The minimum atomic E-state index is -1.12. The number of hydrogen-bond acceptors (Lipinski definition) is 1. The van der Waals surface area contributed by atoms with Gasteiger partial charge in [-0.1, -0.05) is 40.2 Å². The van der Waals surface area contributed by atoms with Crippen LogP contribution >= 0.6 is 15.9 Å². The summed E-state index contributed by atoms with van der Waals surface area (Å²) in [6.45, 7) is -0.0293. The van der Waals surface area contributed by atoms with Gasteiger partial charge in [0, 0.05) is 15.7 Å². The van der Waals surface area contributed by atoms with E-state index >= 15 is 0 Å². The number of benzene rings is 2. The van der Waals surface area contributed by atoms with Gasteiger partial charge in [0.1, 0.15) is 5.82 Å². The molecule has 0 saturated heterocycles. The number of carboxylic acid groups (broad SMARTS) is 1. The Morgan fingerprint density at radius 1 is 1.21 bits per heavy atom. The molecule has 0 heterocycles. The molecule has 19 heavy (non-hydrogen) atoms. The summed E-state index contributed by atoms with van der Waals surface area (Å²) >= 11 is 3.17. The van der Waals surface area contributed by atoms with Gasteiger partial charge < -0.3 is 5.11 Å². The molecule has 0 saturated carbocycles. The van der Waals surface area contributed by atoms with E-state index in [0.717, 1.165) is 4.90 Å². The van der Waals surface area contributed by atoms with E-state index in [0.29, 0.717) is 15.7 Å². The van der Waals surface area contributed by atoms with Gasteiger partial charge >= 0.3 is 6.09 Å². The largest absolute Gasteiger partial charge is 0.465 e. The molecule has 0 unspecified atom stereocenters. The molecule has 0 aromatic heterocycles. The number of carbonyl (C=O) groups is 1. The lowest BCUT2D eigenvalue weighted by Crippen LogP contribution is -2.28. The summed E-state index contributed by atoms with van der Waals surface area (Å²) in [5.41, 5.74) is 0.840. The normalized spacial score (nSPS) is 10.2. The number of hydrogen-bond donors (Lipinski definition) is 1. The van der Waals surface area contributed by atoms with Gasteiger partial charge in [-0.05, 0) is 24.3 Å². The van der Waals surface area contributed by atoms with Crippen LogP contribution < -0.4 is 4.90 Å². The highest BCUT2D eigenvalue weighted by atomic mass is 79.9. The molecule has 0 aliphatic heterocycles. The first-order chi connectivity index (χ1) is 9.08. The lowest BCUT2D eigenvalue weighted by Gasteiger charge is -2.19. The maximum absolute atomic E-state index is 13.7. The summed E-state index contributed by atoms with van der Waals surface area (Å²) in [6.07, 6.45) is -1.12. The monoisotopic (exact) mass is 323 g/mol. The van der Waals surface area contributed by atoms with Crippen molar-refractivity contribution in [1.82, 2.24) is 0 Å². The van der Waals surface area contributed by atoms with Crippen molar-refractivity contribution < 1.29 is 14.3 Å². The quantitative estimate of drug-likeness (QED) is 0.916. The predicted octanol–water partition coefficient (Wildman–Crippen LogP) is 4.27. The molecule has 0 aliphatic rings. The van der Waals surface area contributed by atoms with E-state index in [1.54, 1.807) is 42.5 Å². The number of amides is 1. The lowest BCUT2D eigenvalue weighted by molar-refractivity contribution is 0.201. The van der Waals surface area contributed by atoms with E-state index in [-0.39, 0.29) is 6.54 Å². The molecular formula is C14H11BrFNO2. The van der Waals surface area contributed by atoms with Gasteiger partial charge in [-0.15, -0.1) is 0 Å². The van der Waals surface area contributed by atoms with Crippen LogP contribution in [-0.2, 0) is 6.54 Å². The molecule has 5 heteroatoms. The molecule has 2 rings (SSSR count). The molecule has 1 amide bonds. The van der Waals surface area contributed by atoms with Crippen LogP contribution in [0.2, 0.25) is 0 Å². The van der Waals surface area contributed by atoms with Crippen molar-refractivity contribution in [3.05, 3.63) is 64.4 Å². The number of para-hydroxylation sites is 1. The van der Waals surface area contributed by atoms with E-state index < -0.39 is 11.9 Å². The highest BCUT2D eigenvalue weighted by molar-refractivity contribution is 9.10. The maximum Gasteiger partial charge on any atom is 0.412 e. The number of nitrogens with zero attached hydrogens (tertiary/aromatic N) is 1. The van der Waals surface area contributed by atoms with Crippen LogP contribution in [0.15, 0.2) is 53.0 Å². The molecular weight excluding hydrogens is 313 g/mol. The minimum Gasteiger partial charge on any atom is -0.465 e. The third-order valence-corrected chi connectivity index (χ3v) is 3.14. The molecule has 3 nitrogen and oxygen atoms in total. The van der Waals surface area contributed by atoms with Gasteiger partial charge in [0.2, 0.25) is 0 Å². The molecule has 0 bridgehead atoms. The Bertz CT molecular complexity index is 589. The zero-order chi connectivity index (χ0) is 13.8. The van der Waals surface area contributed by atoms with Gasteiger partial charge in [-0.25, -0.2) is 9.18 Å². The molecule has 1 N–H and O–H groups in total. The van der Waals surface area contributed by atoms with Crippen LogP contribution in [0.5, 0.6) is 0 Å². The fourth-order valence-electron chi connectivity index (χ4n) is 1.70. The summed E-state index contributed by atoms with van der Waals surface area (Å²) in [5, 5.41) is 9.23. The summed E-state index contributed by atoms with van der Waals surface area (Å²) in [4.78, 5) is 12.4. The predicted molar refractivity (Wildman–Crippen MR) is 74.7 cm³/mol. The third-order valence-electron chi connectivity index (χ3n) is 2.64. The van der Waals surface area contributed by atoms with E-state index in [9.17, 15) is 14.3 Å². The number of rotatable bonds is 3. The topological polar surface area (TPSA) is 40.5 Å². The summed E-state index contributed by atoms with van der Waals surface area (Å²) in [5.74, 6) is -0.434. The second-order valence-corrected chi connectivity index (χ2v) is 4.86. The maximum atomic E-state index is 13.7. The fourth-order valence-corrected chi connectivity index (χ4v) is 2.03. The zero-order valence-electron chi connectivity index (χ0n) is 9.88. The molecule has 2 aromatic carbocycles. The molecule has 0 aliphatic carbocycles. The molecule has 0 spiro atoms. The summed E-state index contributed by atoms with van der Waals surface area (Å²) < 4.78 is 14.4. The van der Waals surface area contributed by atoms with E-state index in [1.807, 2.05) is 0 Å². The Kier molecular flexibility index (Phi) is 4.16. The minimum absolute atomic E-state index is 0.0293. The molecule has 0 fully saturated rings. The van der Waals surface area contributed by atoms with Gasteiger partial charge in [0.15, 0.2) is 0 Å². The number of halogens is 2. The van der Waals surface area contributed by atoms with Crippen molar-refractivity contribution >= 4 is 27.7 Å². The van der Waals surface area contributed by atoms with Crippen LogP contribution in [0.4, 0.5) is 14.9 Å². The van der Waals surface area contributed by atoms with E-state index in [2.05, 4.69) is 15.9 Å². The second-order valence-electron chi connectivity index (χ2n) is 3.94. The second kappa shape index (κ2) is 5.84. The van der Waals surface area contributed by atoms with Gasteiger partial charge in [0.05, 0.1) is 6.54 Å². The fraction of sp³-hybridized carbons (Fsp3) is 0.0714. The van der Waals surface area contributed by atoms with E-state index in [1.165, 1.54) is 6.07 Å². The first-order valence-electron chi connectivity index (χ1n) is 5.57. The first kappa shape index (κ1) is 13.5. The van der Waals surface area contributed by atoms with Crippen molar-refractivity contribution in [2.45, 2.75) is 6.54 Å². The van der Waals surface area contributed by atoms with Gasteiger partial charge in [0.25, 0.3) is 0 Å². The van der Waals surface area contributed by atoms with Crippen molar-refractivity contribution in [3.63, 3.8) is 0 Å². The van der Waals surface area contributed by atoms with Crippen molar-refractivity contribution in [3.8, 4) is 0 Å². The summed E-state index contributed by atoms with van der Waals surface area (Å²) in [7, 11) is 0. The lowest BCUT2D eigenvalue weighted by atomic mass is 10.2. The Labute approximate surface area is 118 Å². The Morgan fingerprint density at radius 2 is 1.89 bits per heavy atom. The SMILES string of the molecule is O=C(O)N(Cc1ccc(Br)cc1F)c1ccccc1. The smallest absolute Gasteiger partial charge is 0.412 e. The molecule has 2 aromatic rings. The molecule has 98 valence electrons. The summed E-state index contributed by atoms with van der Waals surface area (Å²) in [6, 6.07) is 13.2. The van der Waals surface area contributed by atoms with Crippen molar-refractivity contribution in [1.29, 1.82) is 0 Å². The number of anilines is 1. The first-order valence-corrected chi connectivity index (χ1v) is 6.36. The van der Waals surface area contributed by atoms with Gasteiger partial charge in [-0.2, -0.15) is 0 Å². The standard InChI is InChI=1S/C14H11BrFNO2/c15-11-7-6-10(13(16)8-11)9-17(14(18)19)12-4-2-1-3-5-12/h1-8H,9H2,(H,18,19). The Morgan fingerprint density at radius 3 is 2.47 bits per heavy atom. The van der Waals surface area contributed by atoms with Crippen LogP contribution in [0, 0.1) is 5.82 Å². The average molecular weight is 324 g/mol. The van der Waals surface area contributed by atoms with Crippen LogP contribution in [0.25, 0.3) is 0 Å². The average Bonchev–Trinajstić information content (AvgIpc) is 2.38. The van der Waals surface area contributed by atoms with Crippen molar-refractivity contribution in [2.75, 3.05) is 4.90 Å². The van der Waals surface area contributed by atoms with Crippen molar-refractivity contribution in [2.24, 2.45) is 0 Å². The Hall–Kier alpha value is -1.88. The van der Waals surface area contributed by atoms with Crippen LogP contribution in [0.1, 0.15) is 5.56 Å². The van der Waals surface area contributed by atoms with Gasteiger partial charge in [-0.3, -0.25) is 4.90 Å². The van der Waals surface area contributed by atoms with Crippen LogP contribution in [0.3, 0.4) is 0 Å². The highest BCUT2D eigenvalue weighted by Crippen LogP contribution is 2.20. The highest BCUT2D eigenvalue weighted by Gasteiger charge is 2.16. The van der Waals surface area contributed by atoms with E-state index in [4.69, 9.17) is 0 Å². The Balaban J connectivity index is 2.29. The third kappa shape index (κ3) is 3.32. The molecule has 0 atom stereocenters. The van der Waals surface area contributed by atoms with Crippen LogP contribution in [-0.4, -0.2) is 11.2 Å². The molecule has 0 radical (unpaired) electrons.